The average molecular weight is 247 g/mol. The highest BCUT2D eigenvalue weighted by atomic mass is 16.5. The first kappa shape index (κ1) is 14.3. The molecule has 1 aromatic rings. The molecule has 0 N–H and O–H groups in total. The molecule has 0 aliphatic rings. The lowest BCUT2D eigenvalue weighted by atomic mass is 10.2. The van der Waals surface area contributed by atoms with E-state index in [-0.39, 0.29) is 6.04 Å². The van der Waals surface area contributed by atoms with Crippen LogP contribution in [0.2, 0.25) is 0 Å². The molecule has 98 valence electrons. The molecular weight excluding hydrogens is 226 g/mol. The van der Waals surface area contributed by atoms with Gasteiger partial charge in [0.05, 0.1) is 19.1 Å². The fraction of sp³-hybridized carbons (Fsp3) is 0.571. The van der Waals surface area contributed by atoms with Crippen LogP contribution in [-0.4, -0.2) is 24.2 Å². The van der Waals surface area contributed by atoms with Crippen molar-refractivity contribution in [2.24, 2.45) is 0 Å². The van der Waals surface area contributed by atoms with E-state index in [1.165, 1.54) is 0 Å². The molecule has 0 atom stereocenters. The zero-order chi connectivity index (χ0) is 13.4. The minimum Gasteiger partial charge on any atom is -0.490 e. The number of nitrogens with zero attached hydrogens (tertiary/aromatic N) is 3. The predicted molar refractivity (Wildman–Crippen MR) is 72.7 cm³/mol. The Kier molecular flexibility index (Phi) is 5.99. The van der Waals surface area contributed by atoms with Gasteiger partial charge in [-0.3, -0.25) is 0 Å². The van der Waals surface area contributed by atoms with Gasteiger partial charge < -0.3 is 9.64 Å². The molecule has 0 aliphatic heterocycles. The maximum Gasteiger partial charge on any atom is 0.171 e. The van der Waals surface area contributed by atoms with Crippen molar-refractivity contribution in [1.29, 1.82) is 5.26 Å². The number of hydrogen-bond acceptors (Lipinski definition) is 4. The van der Waals surface area contributed by atoms with Gasteiger partial charge in [0.25, 0.3) is 0 Å². The van der Waals surface area contributed by atoms with E-state index in [0.29, 0.717) is 19.6 Å². The SMILES string of the molecule is CCCOc1cccnc1N(CCC#N)C(C)C. The lowest BCUT2D eigenvalue weighted by Gasteiger charge is -2.28. The van der Waals surface area contributed by atoms with Crippen molar-refractivity contribution in [3.8, 4) is 11.8 Å². The molecule has 0 spiro atoms. The largest absolute Gasteiger partial charge is 0.490 e. The summed E-state index contributed by atoms with van der Waals surface area (Å²) >= 11 is 0. The van der Waals surface area contributed by atoms with Crippen LogP contribution in [0.1, 0.15) is 33.6 Å². The summed E-state index contributed by atoms with van der Waals surface area (Å²) in [6, 6.07) is 6.27. The Labute approximate surface area is 109 Å². The van der Waals surface area contributed by atoms with Gasteiger partial charge in [-0.2, -0.15) is 5.26 Å². The summed E-state index contributed by atoms with van der Waals surface area (Å²) < 4.78 is 5.71. The molecule has 4 nitrogen and oxygen atoms in total. The van der Waals surface area contributed by atoms with Crippen molar-refractivity contribution in [3.05, 3.63) is 18.3 Å². The summed E-state index contributed by atoms with van der Waals surface area (Å²) in [5, 5.41) is 8.73. The minimum absolute atomic E-state index is 0.289. The molecule has 0 saturated carbocycles. The Morgan fingerprint density at radius 3 is 2.89 bits per heavy atom. The summed E-state index contributed by atoms with van der Waals surface area (Å²) in [7, 11) is 0. The summed E-state index contributed by atoms with van der Waals surface area (Å²) in [6.07, 6.45) is 3.21. The molecule has 0 radical (unpaired) electrons. The molecule has 0 fully saturated rings. The monoisotopic (exact) mass is 247 g/mol. The third-order valence-corrected chi connectivity index (χ3v) is 2.57. The Balaban J connectivity index is 2.92. The van der Waals surface area contributed by atoms with E-state index in [2.05, 4.69) is 36.7 Å². The first-order valence-corrected chi connectivity index (χ1v) is 6.42. The molecule has 0 aromatic carbocycles. The Morgan fingerprint density at radius 2 is 2.28 bits per heavy atom. The lowest BCUT2D eigenvalue weighted by molar-refractivity contribution is 0.316. The van der Waals surface area contributed by atoms with Crippen LogP contribution in [0.15, 0.2) is 18.3 Å². The third kappa shape index (κ3) is 3.92. The van der Waals surface area contributed by atoms with Gasteiger partial charge in [-0.15, -0.1) is 0 Å². The van der Waals surface area contributed by atoms with Gasteiger partial charge in [0.1, 0.15) is 0 Å². The molecule has 0 unspecified atom stereocenters. The molecule has 0 amide bonds. The third-order valence-electron chi connectivity index (χ3n) is 2.57. The normalized spacial score (nSPS) is 10.2. The van der Waals surface area contributed by atoms with Gasteiger partial charge in [0.15, 0.2) is 11.6 Å². The Morgan fingerprint density at radius 1 is 1.50 bits per heavy atom. The van der Waals surface area contributed by atoms with Crippen molar-refractivity contribution in [2.75, 3.05) is 18.1 Å². The predicted octanol–water partition coefficient (Wildman–Crippen LogP) is 3.00. The van der Waals surface area contributed by atoms with Crippen molar-refractivity contribution < 1.29 is 4.74 Å². The van der Waals surface area contributed by atoms with Crippen LogP contribution < -0.4 is 9.64 Å². The van der Waals surface area contributed by atoms with Gasteiger partial charge in [-0.25, -0.2) is 4.98 Å². The van der Waals surface area contributed by atoms with Crippen LogP contribution in [0.3, 0.4) is 0 Å². The standard InChI is InChI=1S/C14H21N3O/c1-4-11-18-13-7-5-9-16-14(13)17(12(2)3)10-6-8-15/h5,7,9,12H,4,6,10-11H2,1-3H3. The maximum atomic E-state index is 8.73. The number of anilines is 1. The highest BCUT2D eigenvalue weighted by molar-refractivity contribution is 5.52. The van der Waals surface area contributed by atoms with Crippen LogP contribution in [0, 0.1) is 11.3 Å². The molecule has 1 rings (SSSR count). The van der Waals surface area contributed by atoms with Gasteiger partial charge in [0.2, 0.25) is 0 Å². The fourth-order valence-corrected chi connectivity index (χ4v) is 1.70. The van der Waals surface area contributed by atoms with E-state index < -0.39 is 0 Å². The van der Waals surface area contributed by atoms with Crippen LogP contribution in [0.5, 0.6) is 5.75 Å². The van der Waals surface area contributed by atoms with Gasteiger partial charge in [-0.1, -0.05) is 6.92 Å². The number of pyridine rings is 1. The number of aromatic nitrogens is 1. The first-order chi connectivity index (χ1) is 8.70. The van der Waals surface area contributed by atoms with E-state index in [1.807, 2.05) is 12.1 Å². The molecule has 0 saturated heterocycles. The number of hydrogen-bond donors (Lipinski definition) is 0. The fourth-order valence-electron chi connectivity index (χ4n) is 1.70. The van der Waals surface area contributed by atoms with E-state index in [1.54, 1.807) is 6.20 Å². The van der Waals surface area contributed by atoms with E-state index in [0.717, 1.165) is 18.0 Å². The van der Waals surface area contributed by atoms with Gasteiger partial charge in [-0.05, 0) is 32.4 Å². The van der Waals surface area contributed by atoms with Crippen LogP contribution in [0.25, 0.3) is 0 Å². The summed E-state index contributed by atoms with van der Waals surface area (Å²) in [4.78, 5) is 6.50. The molecule has 0 aliphatic carbocycles. The van der Waals surface area contributed by atoms with E-state index >= 15 is 0 Å². The van der Waals surface area contributed by atoms with E-state index in [4.69, 9.17) is 10.00 Å². The van der Waals surface area contributed by atoms with Crippen LogP contribution in [-0.2, 0) is 0 Å². The van der Waals surface area contributed by atoms with Crippen molar-refractivity contribution in [1.82, 2.24) is 4.98 Å². The first-order valence-electron chi connectivity index (χ1n) is 6.42. The second-order valence-electron chi connectivity index (χ2n) is 4.37. The minimum atomic E-state index is 0.289. The zero-order valence-electron chi connectivity index (χ0n) is 11.4. The second-order valence-corrected chi connectivity index (χ2v) is 4.37. The van der Waals surface area contributed by atoms with Crippen molar-refractivity contribution >= 4 is 5.82 Å². The molecular formula is C14H21N3O. The molecule has 1 heterocycles. The zero-order valence-corrected chi connectivity index (χ0v) is 11.4. The maximum absolute atomic E-state index is 8.73. The van der Waals surface area contributed by atoms with Crippen LogP contribution >= 0.6 is 0 Å². The topological polar surface area (TPSA) is 49.1 Å². The molecule has 18 heavy (non-hydrogen) atoms. The van der Waals surface area contributed by atoms with Gasteiger partial charge >= 0.3 is 0 Å². The smallest absolute Gasteiger partial charge is 0.171 e. The number of rotatable bonds is 7. The Hall–Kier alpha value is -1.76. The highest BCUT2D eigenvalue weighted by Crippen LogP contribution is 2.27. The second kappa shape index (κ2) is 7.54. The average Bonchev–Trinajstić information content (AvgIpc) is 2.37. The van der Waals surface area contributed by atoms with Crippen molar-refractivity contribution in [3.63, 3.8) is 0 Å². The highest BCUT2D eigenvalue weighted by Gasteiger charge is 2.16. The van der Waals surface area contributed by atoms with E-state index in [9.17, 15) is 0 Å². The molecule has 4 heteroatoms. The summed E-state index contributed by atoms with van der Waals surface area (Å²) in [6.45, 7) is 7.62. The number of ether oxygens (including phenoxy) is 1. The quantitative estimate of drug-likeness (QED) is 0.743. The van der Waals surface area contributed by atoms with Crippen molar-refractivity contribution in [2.45, 2.75) is 39.7 Å². The van der Waals surface area contributed by atoms with Gasteiger partial charge in [0, 0.05) is 18.8 Å². The Bertz CT molecular complexity index is 398. The lowest BCUT2D eigenvalue weighted by Crippen LogP contribution is -2.32. The summed E-state index contributed by atoms with van der Waals surface area (Å²) in [5.41, 5.74) is 0. The summed E-state index contributed by atoms with van der Waals surface area (Å²) in [5.74, 6) is 1.63. The van der Waals surface area contributed by atoms with Crippen LogP contribution in [0.4, 0.5) is 5.82 Å². The number of nitriles is 1. The molecule has 1 aromatic heterocycles. The molecule has 0 bridgehead atoms.